The van der Waals surface area contributed by atoms with Crippen LogP contribution in [0.2, 0.25) is 0 Å². The van der Waals surface area contributed by atoms with Gasteiger partial charge in [-0.25, -0.2) is 18.5 Å². The van der Waals surface area contributed by atoms with Crippen LogP contribution in [0.15, 0.2) is 47.5 Å². The zero-order valence-corrected chi connectivity index (χ0v) is 12.1. The van der Waals surface area contributed by atoms with Gasteiger partial charge in [-0.05, 0) is 29.7 Å². The van der Waals surface area contributed by atoms with Gasteiger partial charge in [0.2, 0.25) is 15.9 Å². The number of hydrogen-bond acceptors (Lipinski definition) is 4. The average molecular weight is 292 g/mol. The van der Waals surface area contributed by atoms with E-state index >= 15 is 0 Å². The summed E-state index contributed by atoms with van der Waals surface area (Å²) < 4.78 is 27.7. The molecule has 0 bridgehead atoms. The van der Waals surface area contributed by atoms with Crippen molar-refractivity contribution in [1.82, 2.24) is 4.98 Å². The van der Waals surface area contributed by atoms with Gasteiger partial charge in [-0.3, -0.25) is 0 Å². The van der Waals surface area contributed by atoms with E-state index in [-0.39, 0.29) is 4.90 Å². The van der Waals surface area contributed by atoms with Crippen LogP contribution in [-0.4, -0.2) is 13.4 Å². The number of nitrogens with two attached hydrogens (primary N) is 1. The van der Waals surface area contributed by atoms with Gasteiger partial charge in [0.25, 0.3) is 0 Å². The minimum absolute atomic E-state index is 0.0417. The monoisotopic (exact) mass is 292 g/mol. The van der Waals surface area contributed by atoms with Gasteiger partial charge >= 0.3 is 0 Å². The van der Waals surface area contributed by atoms with Gasteiger partial charge in [-0.1, -0.05) is 26.0 Å². The van der Waals surface area contributed by atoms with E-state index in [4.69, 9.17) is 9.88 Å². The van der Waals surface area contributed by atoms with Crippen molar-refractivity contribution >= 4 is 10.0 Å². The molecule has 0 aliphatic rings. The van der Waals surface area contributed by atoms with Crippen molar-refractivity contribution in [2.75, 3.05) is 0 Å². The fraction of sp³-hybridized carbons (Fsp3) is 0.214. The first kappa shape index (κ1) is 14.5. The highest BCUT2D eigenvalue weighted by Crippen LogP contribution is 2.23. The largest absolute Gasteiger partial charge is 0.439 e. The summed E-state index contributed by atoms with van der Waals surface area (Å²) in [6.07, 6.45) is 1.17. The summed E-state index contributed by atoms with van der Waals surface area (Å²) in [5.41, 5.74) is 1.22. The Morgan fingerprint density at radius 1 is 1.10 bits per heavy atom. The van der Waals surface area contributed by atoms with Gasteiger partial charge < -0.3 is 4.74 Å². The van der Waals surface area contributed by atoms with Crippen molar-refractivity contribution in [3.63, 3.8) is 0 Å². The van der Waals surface area contributed by atoms with Crippen LogP contribution in [0.25, 0.3) is 0 Å². The van der Waals surface area contributed by atoms with Crippen LogP contribution in [0.1, 0.15) is 25.3 Å². The zero-order valence-electron chi connectivity index (χ0n) is 11.3. The van der Waals surface area contributed by atoms with Crippen molar-refractivity contribution < 1.29 is 13.2 Å². The number of sulfonamides is 1. The maximum Gasteiger partial charge on any atom is 0.239 e. The zero-order chi connectivity index (χ0) is 14.8. The van der Waals surface area contributed by atoms with E-state index in [1.165, 1.54) is 23.9 Å². The van der Waals surface area contributed by atoms with E-state index < -0.39 is 10.0 Å². The Morgan fingerprint density at radius 2 is 1.75 bits per heavy atom. The van der Waals surface area contributed by atoms with Crippen LogP contribution >= 0.6 is 0 Å². The predicted molar refractivity (Wildman–Crippen MR) is 76.2 cm³/mol. The summed E-state index contributed by atoms with van der Waals surface area (Å²) in [5.74, 6) is 1.41. The Labute approximate surface area is 118 Å². The molecule has 0 spiro atoms. The third-order valence-corrected chi connectivity index (χ3v) is 3.71. The fourth-order valence-corrected chi connectivity index (χ4v) is 2.09. The first-order valence-corrected chi connectivity index (χ1v) is 7.67. The molecule has 1 heterocycles. The quantitative estimate of drug-likeness (QED) is 0.939. The van der Waals surface area contributed by atoms with Crippen LogP contribution in [0.5, 0.6) is 11.6 Å². The number of nitrogens with zero attached hydrogens (tertiary/aromatic N) is 1. The van der Waals surface area contributed by atoms with Gasteiger partial charge in [-0.15, -0.1) is 0 Å². The summed E-state index contributed by atoms with van der Waals surface area (Å²) in [6, 6.07) is 10.5. The SMILES string of the molecule is CC(C)c1ccc(Oc2ccc(S(N)(=O)=O)cn2)cc1. The molecule has 2 rings (SSSR count). The second-order valence-corrected chi connectivity index (χ2v) is 6.26. The highest BCUT2D eigenvalue weighted by Gasteiger charge is 2.08. The van der Waals surface area contributed by atoms with Crippen molar-refractivity contribution in [3.8, 4) is 11.6 Å². The number of primary sulfonamides is 1. The number of benzene rings is 1. The number of hydrogen-bond donors (Lipinski definition) is 1. The minimum Gasteiger partial charge on any atom is -0.439 e. The molecule has 0 unspecified atom stereocenters. The lowest BCUT2D eigenvalue weighted by atomic mass is 10.0. The van der Waals surface area contributed by atoms with Crippen LogP contribution < -0.4 is 9.88 Å². The highest BCUT2D eigenvalue weighted by atomic mass is 32.2. The molecule has 2 N–H and O–H groups in total. The molecule has 0 aliphatic carbocycles. The van der Waals surface area contributed by atoms with Gasteiger partial charge in [0.15, 0.2) is 0 Å². The third kappa shape index (κ3) is 3.55. The van der Waals surface area contributed by atoms with E-state index in [0.29, 0.717) is 17.5 Å². The lowest BCUT2D eigenvalue weighted by Gasteiger charge is -2.08. The summed E-state index contributed by atoms with van der Waals surface area (Å²) in [7, 11) is -3.73. The van der Waals surface area contributed by atoms with Crippen LogP contribution in [-0.2, 0) is 10.0 Å². The molecule has 0 radical (unpaired) electrons. The smallest absolute Gasteiger partial charge is 0.239 e. The molecule has 0 atom stereocenters. The van der Waals surface area contributed by atoms with Gasteiger partial charge in [0, 0.05) is 6.07 Å². The summed E-state index contributed by atoms with van der Waals surface area (Å²) in [6.45, 7) is 4.23. The highest BCUT2D eigenvalue weighted by molar-refractivity contribution is 7.89. The van der Waals surface area contributed by atoms with Gasteiger partial charge in [0.05, 0.1) is 6.20 Å². The lowest BCUT2D eigenvalue weighted by Crippen LogP contribution is -2.12. The molecular formula is C14H16N2O3S. The van der Waals surface area contributed by atoms with Crippen molar-refractivity contribution in [2.45, 2.75) is 24.7 Å². The van der Waals surface area contributed by atoms with Crippen molar-refractivity contribution in [2.24, 2.45) is 5.14 Å². The molecule has 1 aromatic carbocycles. The second-order valence-electron chi connectivity index (χ2n) is 4.70. The third-order valence-electron chi connectivity index (χ3n) is 2.81. The lowest BCUT2D eigenvalue weighted by molar-refractivity contribution is 0.461. The molecule has 0 aliphatic heterocycles. The molecule has 0 saturated carbocycles. The molecule has 0 saturated heterocycles. The molecule has 20 heavy (non-hydrogen) atoms. The van der Waals surface area contributed by atoms with Crippen molar-refractivity contribution in [3.05, 3.63) is 48.2 Å². The molecule has 0 amide bonds. The Kier molecular flexibility index (Phi) is 4.06. The molecule has 0 fully saturated rings. The summed E-state index contributed by atoms with van der Waals surface area (Å²) in [4.78, 5) is 3.87. The summed E-state index contributed by atoms with van der Waals surface area (Å²) in [5, 5.41) is 5.00. The van der Waals surface area contributed by atoms with Crippen molar-refractivity contribution in [1.29, 1.82) is 0 Å². The topological polar surface area (TPSA) is 82.3 Å². The average Bonchev–Trinajstić information content (AvgIpc) is 2.39. The van der Waals surface area contributed by atoms with E-state index in [0.717, 1.165) is 0 Å². The standard InChI is InChI=1S/C14H16N2O3S/c1-10(2)11-3-5-12(6-4-11)19-14-8-7-13(9-16-14)20(15,17)18/h3-10H,1-2H3,(H2,15,17,18). The van der Waals surface area contributed by atoms with E-state index in [1.807, 2.05) is 24.3 Å². The predicted octanol–water partition coefficient (Wildman–Crippen LogP) is 2.64. The first-order valence-electron chi connectivity index (χ1n) is 6.13. The normalized spacial score (nSPS) is 11.6. The van der Waals surface area contributed by atoms with E-state index in [9.17, 15) is 8.42 Å². The Balaban J connectivity index is 2.14. The maximum absolute atomic E-state index is 11.1. The van der Waals surface area contributed by atoms with Crippen LogP contribution in [0, 0.1) is 0 Å². The Morgan fingerprint density at radius 3 is 2.20 bits per heavy atom. The second kappa shape index (κ2) is 5.60. The Bertz CT molecular complexity index is 677. The molecule has 106 valence electrons. The first-order chi connectivity index (χ1) is 9.36. The number of rotatable bonds is 4. The van der Waals surface area contributed by atoms with Crippen LogP contribution in [0.4, 0.5) is 0 Å². The molecule has 1 aromatic heterocycles. The fourth-order valence-electron chi connectivity index (χ4n) is 1.64. The van der Waals surface area contributed by atoms with Crippen LogP contribution in [0.3, 0.4) is 0 Å². The van der Waals surface area contributed by atoms with E-state index in [1.54, 1.807) is 0 Å². The number of aromatic nitrogens is 1. The Hall–Kier alpha value is -1.92. The summed E-state index contributed by atoms with van der Waals surface area (Å²) >= 11 is 0. The number of ether oxygens (including phenoxy) is 1. The molecular weight excluding hydrogens is 276 g/mol. The van der Waals surface area contributed by atoms with Gasteiger partial charge in [0.1, 0.15) is 10.6 Å². The minimum atomic E-state index is -3.73. The molecule has 2 aromatic rings. The van der Waals surface area contributed by atoms with E-state index in [2.05, 4.69) is 18.8 Å². The number of pyridine rings is 1. The van der Waals surface area contributed by atoms with Gasteiger partial charge in [-0.2, -0.15) is 0 Å². The molecule has 6 heteroatoms. The molecule has 5 nitrogen and oxygen atoms in total. The maximum atomic E-state index is 11.1.